The number of amides is 1. The average molecular weight is 490 g/mol. The highest BCUT2D eigenvalue weighted by Crippen LogP contribution is 2.45. The predicted octanol–water partition coefficient (Wildman–Crippen LogP) is 4.86. The molecule has 0 spiro atoms. The maximum atomic E-state index is 12.9. The van der Waals surface area contributed by atoms with Gasteiger partial charge in [-0.15, -0.1) is 0 Å². The van der Waals surface area contributed by atoms with E-state index in [9.17, 15) is 14.4 Å². The smallest absolute Gasteiger partial charge is 0.343 e. The number of hydrogen-bond acceptors (Lipinski definition) is 6. The summed E-state index contributed by atoms with van der Waals surface area (Å²) in [6, 6.07) is 9.16. The highest BCUT2D eigenvalue weighted by molar-refractivity contribution is 5.90. The van der Waals surface area contributed by atoms with Gasteiger partial charge in [-0.2, -0.15) is 0 Å². The lowest BCUT2D eigenvalue weighted by Crippen LogP contribution is -2.33. The first kappa shape index (κ1) is 25.2. The molecule has 1 atom stereocenters. The Bertz CT molecular complexity index is 1380. The summed E-state index contributed by atoms with van der Waals surface area (Å²) >= 11 is 0. The summed E-state index contributed by atoms with van der Waals surface area (Å²) in [5.41, 5.74) is 3.90. The lowest BCUT2D eigenvalue weighted by molar-refractivity contribution is -0.114. The Labute approximate surface area is 210 Å². The number of ether oxygens (including phenoxy) is 2. The molecule has 1 aliphatic heterocycles. The number of fused-ring (bicyclic) bond motifs is 3. The molecule has 1 unspecified atom stereocenters. The number of anilines is 1. The predicted molar refractivity (Wildman–Crippen MR) is 138 cm³/mol. The van der Waals surface area contributed by atoms with E-state index in [0.717, 1.165) is 27.9 Å². The van der Waals surface area contributed by atoms with Crippen LogP contribution >= 0.6 is 0 Å². The third kappa shape index (κ3) is 4.76. The summed E-state index contributed by atoms with van der Waals surface area (Å²) in [7, 11) is 1.60. The Balaban J connectivity index is 1.88. The number of pyridine rings is 2. The number of esters is 1. The van der Waals surface area contributed by atoms with Gasteiger partial charge in [-0.1, -0.05) is 20.8 Å². The van der Waals surface area contributed by atoms with Gasteiger partial charge in [-0.05, 0) is 48.6 Å². The number of nitrogens with zero attached hydrogens (tertiary/aromatic N) is 2. The summed E-state index contributed by atoms with van der Waals surface area (Å²) in [5, 5.41) is 2.67. The Morgan fingerprint density at radius 2 is 1.92 bits per heavy atom. The minimum atomic E-state index is -0.612. The van der Waals surface area contributed by atoms with Crippen LogP contribution in [-0.2, 0) is 16.0 Å². The van der Waals surface area contributed by atoms with Gasteiger partial charge in [-0.3, -0.25) is 9.59 Å². The largest absolute Gasteiger partial charge is 0.496 e. The molecule has 8 heteroatoms. The van der Waals surface area contributed by atoms with Gasteiger partial charge in [0.2, 0.25) is 5.91 Å². The normalized spacial score (nSPS) is 14.4. The number of hydrogen-bond donors (Lipinski definition) is 1. The van der Waals surface area contributed by atoms with Gasteiger partial charge in [0.15, 0.2) is 5.43 Å². The van der Waals surface area contributed by atoms with Crippen molar-refractivity contribution in [3.05, 3.63) is 64.1 Å². The molecule has 2 aromatic heterocycles. The SMILES string of the molecule is CCOC(=O)c1cn2c(cc1=O)-c1cc(OC)c(-c3ccc(NC(C)=O)nc3)cc1CC2C(C)(C)C. The zero-order valence-electron chi connectivity index (χ0n) is 21.5. The van der Waals surface area contributed by atoms with Crippen molar-refractivity contribution in [2.45, 2.75) is 47.1 Å². The number of methoxy groups -OCH3 is 1. The Morgan fingerprint density at radius 1 is 1.17 bits per heavy atom. The van der Waals surface area contributed by atoms with Gasteiger partial charge in [0.05, 0.1) is 19.4 Å². The van der Waals surface area contributed by atoms with E-state index in [-0.39, 0.29) is 35.0 Å². The summed E-state index contributed by atoms with van der Waals surface area (Å²) in [6.07, 6.45) is 4.04. The standard InChI is InChI=1S/C28H31N3O5/c1-7-36-27(34)21-15-31-22(13-23(21)33)19-12-24(35-6)20(10-18(19)11-25(31)28(3,4)5)17-8-9-26(29-14-17)30-16(2)32/h8-10,12-15,25H,7,11H2,1-6H3,(H,29,30,32). The van der Waals surface area contributed by atoms with E-state index in [1.165, 1.54) is 13.0 Å². The lowest BCUT2D eigenvalue weighted by atomic mass is 9.78. The number of nitrogens with one attached hydrogen (secondary N) is 1. The molecule has 0 radical (unpaired) electrons. The molecule has 0 fully saturated rings. The topological polar surface area (TPSA) is 99.5 Å². The van der Waals surface area contributed by atoms with Gasteiger partial charge in [0.1, 0.15) is 17.1 Å². The Morgan fingerprint density at radius 3 is 2.50 bits per heavy atom. The number of carbonyl (C=O) groups excluding carboxylic acids is 2. The number of benzene rings is 1. The molecule has 188 valence electrons. The molecule has 0 aliphatic carbocycles. The third-order valence-electron chi connectivity index (χ3n) is 6.40. The van der Waals surface area contributed by atoms with E-state index in [4.69, 9.17) is 9.47 Å². The van der Waals surface area contributed by atoms with Crippen LogP contribution in [0.2, 0.25) is 0 Å². The molecule has 36 heavy (non-hydrogen) atoms. The van der Waals surface area contributed by atoms with Crippen molar-refractivity contribution in [1.82, 2.24) is 9.55 Å². The van der Waals surface area contributed by atoms with Crippen LogP contribution in [0.1, 0.15) is 56.6 Å². The van der Waals surface area contributed by atoms with E-state index in [0.29, 0.717) is 18.0 Å². The monoisotopic (exact) mass is 489 g/mol. The number of aromatic nitrogens is 2. The fraction of sp³-hybridized carbons (Fsp3) is 0.357. The van der Waals surface area contributed by atoms with Crippen molar-refractivity contribution in [2.24, 2.45) is 5.41 Å². The first-order chi connectivity index (χ1) is 17.0. The quantitative estimate of drug-likeness (QED) is 0.514. The molecule has 1 N–H and O–H groups in total. The number of rotatable bonds is 5. The van der Waals surface area contributed by atoms with Gasteiger partial charge >= 0.3 is 5.97 Å². The highest BCUT2D eigenvalue weighted by Gasteiger charge is 2.34. The molecule has 1 amide bonds. The van der Waals surface area contributed by atoms with Crippen LogP contribution in [0, 0.1) is 5.41 Å². The minimum absolute atomic E-state index is 0.00436. The van der Waals surface area contributed by atoms with Crippen LogP contribution in [0.25, 0.3) is 22.4 Å². The van der Waals surface area contributed by atoms with Crippen LogP contribution in [0.4, 0.5) is 5.82 Å². The molecule has 3 heterocycles. The van der Waals surface area contributed by atoms with Gasteiger partial charge in [0.25, 0.3) is 0 Å². The first-order valence-corrected chi connectivity index (χ1v) is 11.9. The molecule has 4 rings (SSSR count). The molecular weight excluding hydrogens is 458 g/mol. The molecule has 0 saturated heterocycles. The summed E-state index contributed by atoms with van der Waals surface area (Å²) in [4.78, 5) is 41.1. The van der Waals surface area contributed by atoms with Gasteiger partial charge in [0, 0.05) is 48.1 Å². The van der Waals surface area contributed by atoms with Crippen LogP contribution in [-0.4, -0.2) is 35.1 Å². The van der Waals surface area contributed by atoms with Crippen molar-refractivity contribution in [3.63, 3.8) is 0 Å². The Kier molecular flexibility index (Phi) is 6.71. The highest BCUT2D eigenvalue weighted by atomic mass is 16.5. The molecule has 0 saturated carbocycles. The van der Waals surface area contributed by atoms with Crippen molar-refractivity contribution in [1.29, 1.82) is 0 Å². The number of carbonyl (C=O) groups is 2. The molecule has 0 bridgehead atoms. The fourth-order valence-corrected chi connectivity index (χ4v) is 4.65. The average Bonchev–Trinajstić information content (AvgIpc) is 2.82. The maximum Gasteiger partial charge on any atom is 0.343 e. The van der Waals surface area contributed by atoms with Crippen molar-refractivity contribution in [3.8, 4) is 28.1 Å². The maximum absolute atomic E-state index is 12.9. The van der Waals surface area contributed by atoms with Crippen LogP contribution in [0.3, 0.4) is 0 Å². The van der Waals surface area contributed by atoms with Crippen LogP contribution < -0.4 is 15.5 Å². The van der Waals surface area contributed by atoms with Gasteiger partial charge < -0.3 is 19.4 Å². The zero-order chi connectivity index (χ0) is 26.2. The van der Waals surface area contributed by atoms with Crippen molar-refractivity contribution >= 4 is 17.7 Å². The lowest BCUT2D eigenvalue weighted by Gasteiger charge is -2.39. The van der Waals surface area contributed by atoms with E-state index in [1.807, 2.05) is 16.7 Å². The second-order valence-electron chi connectivity index (χ2n) is 9.97. The van der Waals surface area contributed by atoms with E-state index in [1.54, 1.807) is 32.5 Å². The van der Waals surface area contributed by atoms with E-state index >= 15 is 0 Å². The first-order valence-electron chi connectivity index (χ1n) is 11.9. The molecule has 1 aliphatic rings. The van der Waals surface area contributed by atoms with Crippen molar-refractivity contribution < 1.29 is 19.1 Å². The van der Waals surface area contributed by atoms with Crippen LogP contribution in [0.5, 0.6) is 5.75 Å². The van der Waals surface area contributed by atoms with E-state index < -0.39 is 5.97 Å². The summed E-state index contributed by atoms with van der Waals surface area (Å²) in [5.74, 6) is 0.307. The van der Waals surface area contributed by atoms with Crippen LogP contribution in [0.15, 0.2) is 47.5 Å². The summed E-state index contributed by atoms with van der Waals surface area (Å²) < 4.78 is 12.9. The minimum Gasteiger partial charge on any atom is -0.496 e. The second-order valence-corrected chi connectivity index (χ2v) is 9.97. The third-order valence-corrected chi connectivity index (χ3v) is 6.40. The molecular formula is C28H31N3O5. The summed E-state index contributed by atoms with van der Waals surface area (Å²) in [6.45, 7) is 9.78. The zero-order valence-corrected chi connectivity index (χ0v) is 21.5. The molecule has 3 aromatic rings. The molecule has 8 nitrogen and oxygen atoms in total. The molecule has 1 aromatic carbocycles. The van der Waals surface area contributed by atoms with Crippen molar-refractivity contribution in [2.75, 3.05) is 19.0 Å². The van der Waals surface area contributed by atoms with E-state index in [2.05, 4.69) is 37.1 Å². The fourth-order valence-electron chi connectivity index (χ4n) is 4.65. The Hall–Kier alpha value is -3.94. The second kappa shape index (κ2) is 9.60. The van der Waals surface area contributed by atoms with Gasteiger partial charge in [-0.25, -0.2) is 9.78 Å².